The van der Waals surface area contributed by atoms with Crippen molar-refractivity contribution in [3.8, 4) is 5.75 Å². The minimum Gasteiger partial charge on any atom is -0.494 e. The fraction of sp³-hybridized carbons (Fsp3) is 0.571. The van der Waals surface area contributed by atoms with E-state index in [0.717, 1.165) is 0 Å². The van der Waals surface area contributed by atoms with E-state index in [1.54, 1.807) is 6.07 Å². The highest BCUT2D eigenvalue weighted by molar-refractivity contribution is 7.89. The summed E-state index contributed by atoms with van der Waals surface area (Å²) in [6.07, 6.45) is 0. The number of rotatable bonds is 9. The third kappa shape index (κ3) is 4.67. The number of hydrogen-bond acceptors (Lipinski definition) is 5. The lowest BCUT2D eigenvalue weighted by atomic mass is 10.2. The summed E-state index contributed by atoms with van der Waals surface area (Å²) < 4.78 is 36.6. The van der Waals surface area contributed by atoms with Crippen molar-refractivity contribution in [2.24, 2.45) is 0 Å². The van der Waals surface area contributed by atoms with Crippen molar-refractivity contribution in [3.05, 3.63) is 23.8 Å². The summed E-state index contributed by atoms with van der Waals surface area (Å²) in [6.45, 7) is 5.02. The van der Waals surface area contributed by atoms with Crippen LogP contribution in [-0.2, 0) is 21.4 Å². The van der Waals surface area contributed by atoms with Gasteiger partial charge < -0.3 is 14.6 Å². The van der Waals surface area contributed by atoms with Crippen molar-refractivity contribution in [2.45, 2.75) is 25.3 Å². The fourth-order valence-corrected chi connectivity index (χ4v) is 2.98. The van der Waals surface area contributed by atoms with E-state index >= 15 is 0 Å². The van der Waals surface area contributed by atoms with E-state index in [1.807, 2.05) is 13.8 Å². The molecule has 0 heterocycles. The normalized spacial score (nSPS) is 11.9. The molecule has 7 heteroatoms. The number of likely N-dealkylation sites (N-methyl/N-ethyl adjacent to an activating group) is 1. The van der Waals surface area contributed by atoms with E-state index in [1.165, 1.54) is 23.5 Å². The Bertz CT molecular complexity index is 544. The van der Waals surface area contributed by atoms with E-state index in [9.17, 15) is 13.5 Å². The van der Waals surface area contributed by atoms with Gasteiger partial charge in [0, 0.05) is 25.8 Å². The second-order valence-electron chi connectivity index (χ2n) is 4.38. The molecule has 0 aromatic heterocycles. The van der Waals surface area contributed by atoms with E-state index in [0.29, 0.717) is 31.1 Å². The van der Waals surface area contributed by atoms with E-state index in [2.05, 4.69) is 0 Å². The zero-order valence-corrected chi connectivity index (χ0v) is 13.5. The maximum atomic E-state index is 12.4. The van der Waals surface area contributed by atoms with Gasteiger partial charge in [-0.1, -0.05) is 0 Å². The lowest BCUT2D eigenvalue weighted by Gasteiger charge is -2.18. The standard InChI is InChI=1S/C14H23NO5S/c1-4-19-9-8-15(3)21(17,18)13-6-7-14(20-5-2)12(10-13)11-16/h6-7,10,16H,4-5,8-9,11H2,1-3H3. The Hall–Kier alpha value is -1.15. The zero-order valence-electron chi connectivity index (χ0n) is 12.7. The minimum atomic E-state index is -3.60. The molecule has 0 bridgehead atoms. The number of aliphatic hydroxyl groups excluding tert-OH is 1. The van der Waals surface area contributed by atoms with E-state index in [4.69, 9.17) is 9.47 Å². The molecule has 0 atom stereocenters. The van der Waals surface area contributed by atoms with Gasteiger partial charge in [-0.2, -0.15) is 4.31 Å². The second-order valence-corrected chi connectivity index (χ2v) is 6.43. The third-order valence-corrected chi connectivity index (χ3v) is 4.82. The van der Waals surface area contributed by atoms with Crippen molar-refractivity contribution in [1.29, 1.82) is 0 Å². The molecule has 0 aliphatic carbocycles. The lowest BCUT2D eigenvalue weighted by Crippen LogP contribution is -2.30. The number of nitrogens with zero attached hydrogens (tertiary/aromatic N) is 1. The highest BCUT2D eigenvalue weighted by Crippen LogP contribution is 2.24. The van der Waals surface area contributed by atoms with Gasteiger partial charge in [-0.15, -0.1) is 0 Å². The predicted molar refractivity (Wildman–Crippen MR) is 79.8 cm³/mol. The summed E-state index contributed by atoms with van der Waals surface area (Å²) in [4.78, 5) is 0.133. The lowest BCUT2D eigenvalue weighted by molar-refractivity contribution is 0.138. The molecule has 1 aromatic rings. The number of hydrogen-bond donors (Lipinski definition) is 1. The molecule has 0 aliphatic heterocycles. The molecule has 1 rings (SSSR count). The highest BCUT2D eigenvalue weighted by Gasteiger charge is 2.21. The number of ether oxygens (including phenoxy) is 2. The first-order valence-corrected chi connectivity index (χ1v) is 8.32. The molecule has 0 fully saturated rings. The topological polar surface area (TPSA) is 76.1 Å². The van der Waals surface area contributed by atoms with Crippen LogP contribution < -0.4 is 4.74 Å². The predicted octanol–water partition coefficient (Wildman–Crippen LogP) is 1.23. The molecule has 6 nitrogen and oxygen atoms in total. The van der Waals surface area contributed by atoms with Crippen LogP contribution in [0.1, 0.15) is 19.4 Å². The van der Waals surface area contributed by atoms with Gasteiger partial charge in [0.25, 0.3) is 0 Å². The first-order chi connectivity index (χ1) is 9.97. The molecule has 0 amide bonds. The van der Waals surface area contributed by atoms with Crippen molar-refractivity contribution < 1.29 is 23.0 Å². The molecular weight excluding hydrogens is 294 g/mol. The van der Waals surface area contributed by atoms with Gasteiger partial charge in [-0.05, 0) is 32.0 Å². The van der Waals surface area contributed by atoms with Crippen molar-refractivity contribution in [2.75, 3.05) is 33.4 Å². The average molecular weight is 317 g/mol. The zero-order chi connectivity index (χ0) is 15.9. The first-order valence-electron chi connectivity index (χ1n) is 6.88. The highest BCUT2D eigenvalue weighted by atomic mass is 32.2. The summed E-state index contributed by atoms with van der Waals surface area (Å²) in [5, 5.41) is 9.34. The molecule has 1 aromatic carbocycles. The summed E-state index contributed by atoms with van der Waals surface area (Å²) in [5.41, 5.74) is 0.455. The summed E-state index contributed by atoms with van der Waals surface area (Å²) in [6, 6.07) is 4.49. The summed E-state index contributed by atoms with van der Waals surface area (Å²) in [5.74, 6) is 0.496. The minimum absolute atomic E-state index is 0.133. The van der Waals surface area contributed by atoms with Gasteiger partial charge in [-0.3, -0.25) is 0 Å². The molecule has 120 valence electrons. The maximum Gasteiger partial charge on any atom is 0.242 e. The monoisotopic (exact) mass is 317 g/mol. The Kier molecular flexibility index (Phi) is 7.10. The van der Waals surface area contributed by atoms with Crippen LogP contribution in [0.25, 0.3) is 0 Å². The summed E-state index contributed by atoms with van der Waals surface area (Å²) >= 11 is 0. The molecular formula is C14H23NO5S. The largest absolute Gasteiger partial charge is 0.494 e. The van der Waals surface area contributed by atoms with Crippen LogP contribution in [-0.4, -0.2) is 51.2 Å². The molecule has 0 aliphatic rings. The van der Waals surface area contributed by atoms with Gasteiger partial charge in [0.05, 0.1) is 24.7 Å². The molecule has 0 spiro atoms. The summed E-state index contributed by atoms with van der Waals surface area (Å²) in [7, 11) is -2.09. The Balaban J connectivity index is 2.97. The quantitative estimate of drug-likeness (QED) is 0.693. The molecule has 0 radical (unpaired) electrons. The Labute approximate surface area is 126 Å². The SMILES string of the molecule is CCOCCN(C)S(=O)(=O)c1ccc(OCC)c(CO)c1. The van der Waals surface area contributed by atoms with E-state index < -0.39 is 10.0 Å². The van der Waals surface area contributed by atoms with Crippen molar-refractivity contribution in [1.82, 2.24) is 4.31 Å². The van der Waals surface area contributed by atoms with E-state index in [-0.39, 0.29) is 18.0 Å². The van der Waals surface area contributed by atoms with Gasteiger partial charge >= 0.3 is 0 Å². The smallest absolute Gasteiger partial charge is 0.242 e. The van der Waals surface area contributed by atoms with Crippen molar-refractivity contribution in [3.63, 3.8) is 0 Å². The Morgan fingerprint density at radius 2 is 1.95 bits per heavy atom. The van der Waals surface area contributed by atoms with Crippen LogP contribution in [0.3, 0.4) is 0 Å². The number of aliphatic hydroxyl groups is 1. The third-order valence-electron chi connectivity index (χ3n) is 2.96. The number of sulfonamides is 1. The van der Waals surface area contributed by atoms with Gasteiger partial charge in [0.15, 0.2) is 0 Å². The average Bonchev–Trinajstić information content (AvgIpc) is 2.47. The number of benzene rings is 1. The van der Waals surface area contributed by atoms with Crippen LogP contribution in [0, 0.1) is 0 Å². The van der Waals surface area contributed by atoms with Crippen LogP contribution in [0.2, 0.25) is 0 Å². The molecule has 0 saturated heterocycles. The molecule has 0 unspecified atom stereocenters. The Morgan fingerprint density at radius 1 is 1.24 bits per heavy atom. The molecule has 21 heavy (non-hydrogen) atoms. The van der Waals surface area contributed by atoms with Gasteiger partial charge in [0.1, 0.15) is 5.75 Å². The van der Waals surface area contributed by atoms with Crippen molar-refractivity contribution >= 4 is 10.0 Å². The fourth-order valence-electron chi connectivity index (χ4n) is 1.77. The van der Waals surface area contributed by atoms with Gasteiger partial charge in [-0.25, -0.2) is 8.42 Å². The van der Waals surface area contributed by atoms with Crippen LogP contribution in [0.4, 0.5) is 0 Å². The molecule has 0 saturated carbocycles. The van der Waals surface area contributed by atoms with Gasteiger partial charge in [0.2, 0.25) is 10.0 Å². The first kappa shape index (κ1) is 17.9. The second kappa shape index (κ2) is 8.33. The maximum absolute atomic E-state index is 12.4. The molecule has 1 N–H and O–H groups in total. The van der Waals surface area contributed by atoms with Crippen LogP contribution in [0.5, 0.6) is 5.75 Å². The van der Waals surface area contributed by atoms with Crippen LogP contribution >= 0.6 is 0 Å². The van der Waals surface area contributed by atoms with Crippen LogP contribution in [0.15, 0.2) is 23.1 Å². The Morgan fingerprint density at radius 3 is 2.52 bits per heavy atom.